The van der Waals surface area contributed by atoms with Gasteiger partial charge < -0.3 is 20.7 Å². The Morgan fingerprint density at radius 1 is 1.19 bits per heavy atom. The maximum absolute atomic E-state index is 6.20. The van der Waals surface area contributed by atoms with Gasteiger partial charge in [-0.25, -0.2) is 0 Å². The molecule has 0 atom stereocenters. The molecular formula is C20H34IN5O. The highest BCUT2D eigenvalue weighted by Gasteiger charge is 2.39. The number of halogens is 1. The summed E-state index contributed by atoms with van der Waals surface area (Å²) in [5.41, 5.74) is 7.26. The molecule has 2 saturated heterocycles. The Morgan fingerprint density at radius 2 is 1.89 bits per heavy atom. The van der Waals surface area contributed by atoms with E-state index < -0.39 is 0 Å². The number of nitrogens with zero attached hydrogens (tertiary/aromatic N) is 3. The van der Waals surface area contributed by atoms with E-state index in [4.69, 9.17) is 15.5 Å². The van der Waals surface area contributed by atoms with E-state index in [2.05, 4.69) is 22.2 Å². The molecule has 6 nitrogen and oxygen atoms in total. The monoisotopic (exact) mass is 487 g/mol. The number of nitrogens with two attached hydrogens (primary N) is 1. The van der Waals surface area contributed by atoms with Crippen LogP contribution in [-0.4, -0.2) is 68.2 Å². The van der Waals surface area contributed by atoms with Crippen molar-refractivity contribution in [1.29, 1.82) is 0 Å². The fourth-order valence-corrected chi connectivity index (χ4v) is 4.10. The van der Waals surface area contributed by atoms with Crippen molar-refractivity contribution in [3.05, 3.63) is 24.3 Å². The summed E-state index contributed by atoms with van der Waals surface area (Å²) in [4.78, 5) is 9.86. The zero-order valence-corrected chi connectivity index (χ0v) is 18.9. The number of methoxy groups -OCH3 is 1. The van der Waals surface area contributed by atoms with Gasteiger partial charge in [-0.05, 0) is 71.0 Å². The molecule has 0 radical (unpaired) electrons. The van der Waals surface area contributed by atoms with Gasteiger partial charge in [0, 0.05) is 17.3 Å². The smallest absolute Gasteiger partial charge is 0.193 e. The molecule has 1 aromatic rings. The molecule has 0 bridgehead atoms. The number of likely N-dealkylation sites (tertiary alicyclic amines) is 2. The molecule has 27 heavy (non-hydrogen) atoms. The minimum absolute atomic E-state index is 0. The highest BCUT2D eigenvalue weighted by molar-refractivity contribution is 14.0. The number of aliphatic imine (C=N–C) groups is 1. The van der Waals surface area contributed by atoms with E-state index >= 15 is 0 Å². The molecule has 7 heteroatoms. The SMILES string of the molecule is COc1cccc(NC(N)=NCC2(N3CCCCC3)CCN(C)CC2)c1.I. The predicted molar refractivity (Wildman–Crippen MR) is 123 cm³/mol. The minimum atomic E-state index is 0. The van der Waals surface area contributed by atoms with E-state index in [-0.39, 0.29) is 29.5 Å². The second-order valence-corrected chi connectivity index (χ2v) is 7.63. The van der Waals surface area contributed by atoms with Crippen LogP contribution < -0.4 is 15.8 Å². The number of piperidine rings is 2. The summed E-state index contributed by atoms with van der Waals surface area (Å²) in [6.45, 7) is 5.43. The van der Waals surface area contributed by atoms with Crippen molar-refractivity contribution in [1.82, 2.24) is 9.80 Å². The molecule has 3 N–H and O–H groups in total. The topological polar surface area (TPSA) is 66.1 Å². The van der Waals surface area contributed by atoms with Crippen LogP contribution in [0.1, 0.15) is 32.1 Å². The van der Waals surface area contributed by atoms with Crippen LogP contribution in [0.25, 0.3) is 0 Å². The summed E-state index contributed by atoms with van der Waals surface area (Å²) < 4.78 is 5.26. The van der Waals surface area contributed by atoms with E-state index in [1.165, 1.54) is 45.2 Å². The molecule has 0 aliphatic carbocycles. The van der Waals surface area contributed by atoms with Crippen molar-refractivity contribution in [2.75, 3.05) is 52.2 Å². The lowest BCUT2D eigenvalue weighted by molar-refractivity contribution is 0.0209. The first-order valence-electron chi connectivity index (χ1n) is 9.76. The molecule has 152 valence electrons. The molecule has 0 amide bonds. The molecule has 2 aliphatic heterocycles. The Bertz CT molecular complexity index is 610. The second-order valence-electron chi connectivity index (χ2n) is 7.63. The normalized spacial score (nSPS) is 21.3. The van der Waals surface area contributed by atoms with Gasteiger partial charge in [-0.2, -0.15) is 0 Å². The standard InChI is InChI=1S/C20H33N5O.HI/c1-24-13-9-20(10-14-24,25-11-4-3-5-12-25)16-22-19(21)23-17-7-6-8-18(15-17)26-2;/h6-8,15H,3-5,9-14,16H2,1-2H3,(H3,21,22,23);1H. The second kappa shape index (κ2) is 10.5. The molecule has 3 rings (SSSR count). The lowest BCUT2D eigenvalue weighted by Gasteiger charge is -2.49. The van der Waals surface area contributed by atoms with E-state index in [0.717, 1.165) is 31.1 Å². The van der Waals surface area contributed by atoms with Gasteiger partial charge in [0.05, 0.1) is 13.7 Å². The maximum atomic E-state index is 6.20. The fraction of sp³-hybridized carbons (Fsp3) is 0.650. The number of hydrogen-bond acceptors (Lipinski definition) is 4. The molecule has 2 heterocycles. The first-order valence-corrected chi connectivity index (χ1v) is 9.76. The summed E-state index contributed by atoms with van der Waals surface area (Å²) in [7, 11) is 3.88. The average Bonchev–Trinajstić information content (AvgIpc) is 2.69. The van der Waals surface area contributed by atoms with Crippen LogP contribution in [0, 0.1) is 0 Å². The summed E-state index contributed by atoms with van der Waals surface area (Å²) in [5.74, 6) is 1.29. The van der Waals surface area contributed by atoms with Gasteiger partial charge >= 0.3 is 0 Å². The van der Waals surface area contributed by atoms with E-state index in [0.29, 0.717) is 5.96 Å². The third kappa shape index (κ3) is 5.96. The fourth-order valence-electron chi connectivity index (χ4n) is 4.10. The molecule has 0 aromatic heterocycles. The first-order chi connectivity index (χ1) is 12.6. The summed E-state index contributed by atoms with van der Waals surface area (Å²) >= 11 is 0. The lowest BCUT2D eigenvalue weighted by atomic mass is 9.84. The van der Waals surface area contributed by atoms with Crippen LogP contribution in [0.15, 0.2) is 29.3 Å². The van der Waals surface area contributed by atoms with Crippen LogP contribution >= 0.6 is 24.0 Å². The number of benzene rings is 1. The van der Waals surface area contributed by atoms with Gasteiger partial charge in [-0.3, -0.25) is 9.89 Å². The van der Waals surface area contributed by atoms with Gasteiger partial charge in [0.2, 0.25) is 0 Å². The predicted octanol–water partition coefficient (Wildman–Crippen LogP) is 2.99. The quantitative estimate of drug-likeness (QED) is 0.380. The number of ether oxygens (including phenoxy) is 1. The average molecular weight is 487 g/mol. The highest BCUT2D eigenvalue weighted by Crippen LogP contribution is 2.31. The van der Waals surface area contributed by atoms with E-state index in [1.54, 1.807) is 7.11 Å². The van der Waals surface area contributed by atoms with Crippen LogP contribution in [0.3, 0.4) is 0 Å². The third-order valence-corrected chi connectivity index (χ3v) is 5.83. The van der Waals surface area contributed by atoms with Crippen LogP contribution in [0.5, 0.6) is 5.75 Å². The highest BCUT2D eigenvalue weighted by atomic mass is 127. The first kappa shape index (κ1) is 22.2. The van der Waals surface area contributed by atoms with Crippen molar-refractivity contribution < 1.29 is 4.74 Å². The molecule has 1 aromatic carbocycles. The summed E-state index contributed by atoms with van der Waals surface area (Å²) in [5, 5.41) is 3.20. The largest absolute Gasteiger partial charge is 0.497 e. The van der Waals surface area contributed by atoms with Gasteiger partial charge in [-0.15, -0.1) is 24.0 Å². The molecule has 2 fully saturated rings. The van der Waals surface area contributed by atoms with Crippen LogP contribution in [0.4, 0.5) is 5.69 Å². The zero-order chi connectivity index (χ0) is 18.4. The van der Waals surface area contributed by atoms with Gasteiger partial charge in [0.15, 0.2) is 5.96 Å². The van der Waals surface area contributed by atoms with Crippen molar-refractivity contribution in [3.8, 4) is 5.75 Å². The van der Waals surface area contributed by atoms with Gasteiger partial charge in [0.25, 0.3) is 0 Å². The number of anilines is 1. The third-order valence-electron chi connectivity index (χ3n) is 5.83. The van der Waals surface area contributed by atoms with Crippen LogP contribution in [-0.2, 0) is 0 Å². The molecule has 0 unspecified atom stereocenters. The van der Waals surface area contributed by atoms with Crippen molar-refractivity contribution in [3.63, 3.8) is 0 Å². The number of rotatable bonds is 5. The summed E-state index contributed by atoms with van der Waals surface area (Å²) in [6.07, 6.45) is 6.30. The van der Waals surface area contributed by atoms with Gasteiger partial charge in [0.1, 0.15) is 5.75 Å². The molecule has 2 aliphatic rings. The maximum Gasteiger partial charge on any atom is 0.193 e. The molecular weight excluding hydrogens is 453 g/mol. The van der Waals surface area contributed by atoms with Crippen molar-refractivity contribution in [2.24, 2.45) is 10.7 Å². The van der Waals surface area contributed by atoms with E-state index in [1.807, 2.05) is 24.3 Å². The Labute approximate surface area is 180 Å². The van der Waals surface area contributed by atoms with Crippen molar-refractivity contribution in [2.45, 2.75) is 37.6 Å². The Kier molecular flexibility index (Phi) is 8.62. The van der Waals surface area contributed by atoms with Gasteiger partial charge in [-0.1, -0.05) is 12.5 Å². The van der Waals surface area contributed by atoms with Crippen LogP contribution in [0.2, 0.25) is 0 Å². The number of hydrogen-bond donors (Lipinski definition) is 2. The number of nitrogens with one attached hydrogen (secondary N) is 1. The Balaban J connectivity index is 0.00000261. The van der Waals surface area contributed by atoms with E-state index in [9.17, 15) is 0 Å². The Morgan fingerprint density at radius 3 is 2.56 bits per heavy atom. The zero-order valence-electron chi connectivity index (χ0n) is 16.6. The number of guanidine groups is 1. The van der Waals surface area contributed by atoms with Crippen molar-refractivity contribution >= 4 is 35.6 Å². The lowest BCUT2D eigenvalue weighted by Crippen LogP contribution is -2.58. The molecule has 0 spiro atoms. The Hall–Kier alpha value is -1.06. The molecule has 0 saturated carbocycles. The summed E-state index contributed by atoms with van der Waals surface area (Å²) in [6, 6.07) is 7.77. The minimum Gasteiger partial charge on any atom is -0.497 e.